The van der Waals surface area contributed by atoms with E-state index in [2.05, 4.69) is 6.92 Å². The van der Waals surface area contributed by atoms with E-state index in [0.717, 1.165) is 24.8 Å². The van der Waals surface area contributed by atoms with E-state index in [0.29, 0.717) is 13.0 Å². The molecule has 1 saturated heterocycles. The summed E-state index contributed by atoms with van der Waals surface area (Å²) in [6, 6.07) is 9.70. The lowest BCUT2D eigenvalue weighted by Crippen LogP contribution is -2.43. The third kappa shape index (κ3) is 3.84. The lowest BCUT2D eigenvalue weighted by Gasteiger charge is -2.23. The highest BCUT2D eigenvalue weighted by Gasteiger charge is 2.39. The normalized spacial score (nSPS) is 19.4. The monoisotopic (exact) mass is 289 g/mol. The highest BCUT2D eigenvalue weighted by Crippen LogP contribution is 2.21. The number of hydrogen-bond acceptors (Lipinski definition) is 3. The molecule has 2 atom stereocenters. The topological polar surface area (TPSA) is 46.6 Å². The summed E-state index contributed by atoms with van der Waals surface area (Å²) in [5.74, 6) is -0.235. The number of ether oxygens (including phenoxy) is 1. The number of cyclic esters (lactones) is 1. The van der Waals surface area contributed by atoms with Crippen molar-refractivity contribution in [2.24, 2.45) is 5.92 Å². The summed E-state index contributed by atoms with van der Waals surface area (Å²) in [7, 11) is 0. The highest BCUT2D eigenvalue weighted by molar-refractivity contribution is 5.94. The zero-order chi connectivity index (χ0) is 15.2. The maximum Gasteiger partial charge on any atom is 0.416 e. The van der Waals surface area contributed by atoms with Gasteiger partial charge in [0.2, 0.25) is 5.91 Å². The van der Waals surface area contributed by atoms with Crippen molar-refractivity contribution in [3.63, 3.8) is 0 Å². The Kier molecular flexibility index (Phi) is 5.37. The lowest BCUT2D eigenvalue weighted by atomic mass is 10.0. The maximum absolute atomic E-state index is 12.5. The Morgan fingerprint density at radius 3 is 2.76 bits per heavy atom. The molecular weight excluding hydrogens is 266 g/mol. The van der Waals surface area contributed by atoms with E-state index < -0.39 is 6.09 Å². The summed E-state index contributed by atoms with van der Waals surface area (Å²) in [5.41, 5.74) is 1.11. The van der Waals surface area contributed by atoms with Crippen LogP contribution in [0.1, 0.15) is 38.7 Å². The van der Waals surface area contributed by atoms with Crippen LogP contribution in [0, 0.1) is 5.92 Å². The fraction of sp³-hybridized carbons (Fsp3) is 0.529. The van der Waals surface area contributed by atoms with Gasteiger partial charge in [0.1, 0.15) is 6.61 Å². The SMILES string of the molecule is CCCC[C@H](C)C(=O)N1C(=O)OC[C@H]1Cc1ccccc1. The second kappa shape index (κ2) is 7.25. The third-order valence-corrected chi connectivity index (χ3v) is 3.92. The van der Waals surface area contributed by atoms with Gasteiger partial charge in [0.05, 0.1) is 6.04 Å². The van der Waals surface area contributed by atoms with Gasteiger partial charge >= 0.3 is 6.09 Å². The Morgan fingerprint density at radius 2 is 2.10 bits per heavy atom. The first kappa shape index (κ1) is 15.5. The first-order valence-corrected chi connectivity index (χ1v) is 7.67. The molecule has 1 fully saturated rings. The number of carbonyl (C=O) groups excluding carboxylic acids is 2. The van der Waals surface area contributed by atoms with Gasteiger partial charge in [0.15, 0.2) is 0 Å². The van der Waals surface area contributed by atoms with Gasteiger partial charge in [-0.2, -0.15) is 0 Å². The van der Waals surface area contributed by atoms with Crippen molar-refractivity contribution in [1.82, 2.24) is 4.90 Å². The summed E-state index contributed by atoms with van der Waals surface area (Å²) in [4.78, 5) is 25.7. The molecule has 1 heterocycles. The van der Waals surface area contributed by atoms with Gasteiger partial charge in [0.25, 0.3) is 0 Å². The molecule has 1 aliphatic rings. The molecule has 4 nitrogen and oxygen atoms in total. The minimum Gasteiger partial charge on any atom is -0.447 e. The van der Waals surface area contributed by atoms with Gasteiger partial charge in [-0.15, -0.1) is 0 Å². The molecule has 0 radical (unpaired) electrons. The largest absolute Gasteiger partial charge is 0.447 e. The molecule has 0 bridgehead atoms. The number of nitrogens with zero attached hydrogens (tertiary/aromatic N) is 1. The van der Waals surface area contributed by atoms with Crippen molar-refractivity contribution in [1.29, 1.82) is 0 Å². The molecule has 1 aliphatic heterocycles. The number of unbranched alkanes of at least 4 members (excludes halogenated alkanes) is 1. The average molecular weight is 289 g/mol. The van der Waals surface area contributed by atoms with E-state index in [1.54, 1.807) is 0 Å². The van der Waals surface area contributed by atoms with Gasteiger partial charge in [0, 0.05) is 5.92 Å². The van der Waals surface area contributed by atoms with Crippen molar-refractivity contribution < 1.29 is 14.3 Å². The molecule has 0 spiro atoms. The van der Waals surface area contributed by atoms with Crippen LogP contribution >= 0.6 is 0 Å². The second-order valence-electron chi connectivity index (χ2n) is 5.67. The van der Waals surface area contributed by atoms with Crippen molar-refractivity contribution >= 4 is 12.0 Å². The Balaban J connectivity index is 2.04. The quantitative estimate of drug-likeness (QED) is 0.806. The molecular formula is C17H23NO3. The van der Waals surface area contributed by atoms with Crippen LogP contribution in [0.3, 0.4) is 0 Å². The summed E-state index contributed by atoms with van der Waals surface area (Å²) in [5, 5.41) is 0. The van der Waals surface area contributed by atoms with Gasteiger partial charge < -0.3 is 4.74 Å². The Hall–Kier alpha value is -1.84. The minimum atomic E-state index is -0.496. The average Bonchev–Trinajstić information content (AvgIpc) is 2.85. The number of amides is 2. The molecule has 114 valence electrons. The fourth-order valence-electron chi connectivity index (χ4n) is 2.64. The van der Waals surface area contributed by atoms with Gasteiger partial charge in [-0.25, -0.2) is 9.69 Å². The third-order valence-electron chi connectivity index (χ3n) is 3.92. The van der Waals surface area contributed by atoms with E-state index in [4.69, 9.17) is 4.74 Å². The lowest BCUT2D eigenvalue weighted by molar-refractivity contribution is -0.133. The number of hydrogen-bond donors (Lipinski definition) is 0. The molecule has 1 aromatic carbocycles. The summed E-state index contributed by atoms with van der Waals surface area (Å²) in [6.45, 7) is 4.28. The van der Waals surface area contributed by atoms with Gasteiger partial charge in [-0.3, -0.25) is 4.79 Å². The van der Waals surface area contributed by atoms with E-state index in [1.165, 1.54) is 4.90 Å². The smallest absolute Gasteiger partial charge is 0.416 e. The summed E-state index contributed by atoms with van der Waals surface area (Å²) < 4.78 is 5.09. The Labute approximate surface area is 126 Å². The fourth-order valence-corrected chi connectivity index (χ4v) is 2.64. The predicted octanol–water partition coefficient (Wildman–Crippen LogP) is 3.40. The molecule has 2 amide bonds. The van der Waals surface area contributed by atoms with Crippen LogP contribution < -0.4 is 0 Å². The molecule has 0 unspecified atom stereocenters. The maximum atomic E-state index is 12.5. The summed E-state index contributed by atoms with van der Waals surface area (Å²) >= 11 is 0. The molecule has 21 heavy (non-hydrogen) atoms. The minimum absolute atomic E-state index is 0.105. The Morgan fingerprint density at radius 1 is 1.38 bits per heavy atom. The van der Waals surface area contributed by atoms with Crippen molar-refractivity contribution in [3.05, 3.63) is 35.9 Å². The number of carbonyl (C=O) groups is 2. The van der Waals surface area contributed by atoms with E-state index in [1.807, 2.05) is 37.3 Å². The first-order chi connectivity index (χ1) is 10.1. The van der Waals surface area contributed by atoms with Crippen molar-refractivity contribution in [3.8, 4) is 0 Å². The number of imide groups is 1. The van der Waals surface area contributed by atoms with Crippen LogP contribution in [0.25, 0.3) is 0 Å². The van der Waals surface area contributed by atoms with Crippen LogP contribution in [-0.4, -0.2) is 29.5 Å². The van der Waals surface area contributed by atoms with Crippen LogP contribution in [0.15, 0.2) is 30.3 Å². The zero-order valence-electron chi connectivity index (χ0n) is 12.7. The van der Waals surface area contributed by atoms with E-state index in [-0.39, 0.29) is 17.9 Å². The van der Waals surface area contributed by atoms with Gasteiger partial charge in [-0.05, 0) is 18.4 Å². The van der Waals surface area contributed by atoms with Gasteiger partial charge in [-0.1, -0.05) is 57.0 Å². The zero-order valence-corrected chi connectivity index (χ0v) is 12.7. The molecule has 1 aromatic rings. The van der Waals surface area contributed by atoms with Crippen LogP contribution in [0.5, 0.6) is 0 Å². The van der Waals surface area contributed by atoms with Crippen LogP contribution in [-0.2, 0) is 16.0 Å². The summed E-state index contributed by atoms with van der Waals surface area (Å²) in [6.07, 6.45) is 3.02. The molecule has 0 aromatic heterocycles. The van der Waals surface area contributed by atoms with E-state index in [9.17, 15) is 9.59 Å². The van der Waals surface area contributed by atoms with E-state index >= 15 is 0 Å². The highest BCUT2D eigenvalue weighted by atomic mass is 16.6. The van der Waals surface area contributed by atoms with Crippen LogP contribution in [0.4, 0.5) is 4.79 Å². The number of benzene rings is 1. The molecule has 4 heteroatoms. The standard InChI is InChI=1S/C17H23NO3/c1-3-4-8-13(2)16(19)18-15(12-21-17(18)20)11-14-9-6-5-7-10-14/h5-7,9-10,13,15H,3-4,8,11-12H2,1-2H3/t13-,15+/m0/s1. The van der Waals surface area contributed by atoms with Crippen LogP contribution in [0.2, 0.25) is 0 Å². The van der Waals surface area contributed by atoms with Crippen molar-refractivity contribution in [2.75, 3.05) is 6.61 Å². The Bertz CT molecular complexity index is 486. The first-order valence-electron chi connectivity index (χ1n) is 7.67. The number of rotatable bonds is 6. The predicted molar refractivity (Wildman–Crippen MR) is 80.8 cm³/mol. The molecule has 0 N–H and O–H groups in total. The molecule has 0 saturated carbocycles. The molecule has 2 rings (SSSR count). The molecule has 0 aliphatic carbocycles. The second-order valence-corrected chi connectivity index (χ2v) is 5.67. The van der Waals surface area contributed by atoms with Crippen molar-refractivity contribution in [2.45, 2.75) is 45.6 Å².